The van der Waals surface area contributed by atoms with Crippen molar-refractivity contribution in [3.8, 4) is 5.75 Å². The molecular formula is C28H31N3O2. The normalized spacial score (nSPS) is 19.3. The summed E-state index contributed by atoms with van der Waals surface area (Å²) in [6.07, 6.45) is 0. The van der Waals surface area contributed by atoms with E-state index in [0.717, 1.165) is 44.0 Å². The largest absolute Gasteiger partial charge is 0.496 e. The summed E-state index contributed by atoms with van der Waals surface area (Å²) in [5, 5.41) is 3.22. The third-order valence-electron chi connectivity index (χ3n) is 7.15. The molecule has 5 heteroatoms. The van der Waals surface area contributed by atoms with Gasteiger partial charge in [-0.25, -0.2) is 0 Å². The summed E-state index contributed by atoms with van der Waals surface area (Å²) in [6, 6.07) is 28.4. The number of methoxy groups -OCH3 is 1. The number of hydrogen-bond donors (Lipinski definition) is 1. The van der Waals surface area contributed by atoms with Gasteiger partial charge in [0.25, 0.3) is 5.91 Å². The van der Waals surface area contributed by atoms with E-state index in [-0.39, 0.29) is 11.3 Å². The number of benzene rings is 3. The van der Waals surface area contributed by atoms with E-state index in [1.165, 1.54) is 11.3 Å². The van der Waals surface area contributed by atoms with Crippen LogP contribution >= 0.6 is 0 Å². The van der Waals surface area contributed by atoms with Crippen molar-refractivity contribution in [3.05, 3.63) is 96.1 Å². The number of amides is 1. The molecule has 0 aromatic heterocycles. The first-order valence-corrected chi connectivity index (χ1v) is 11.6. The maximum Gasteiger partial charge on any atom is 0.251 e. The molecule has 3 aromatic carbocycles. The van der Waals surface area contributed by atoms with E-state index in [0.29, 0.717) is 12.5 Å². The van der Waals surface area contributed by atoms with Gasteiger partial charge in [0, 0.05) is 61.5 Å². The first-order chi connectivity index (χ1) is 16.2. The van der Waals surface area contributed by atoms with Crippen LogP contribution in [-0.2, 0) is 6.54 Å². The molecule has 2 fully saturated rings. The van der Waals surface area contributed by atoms with E-state index < -0.39 is 0 Å². The Morgan fingerprint density at radius 2 is 1.61 bits per heavy atom. The van der Waals surface area contributed by atoms with Crippen molar-refractivity contribution in [2.24, 2.45) is 11.3 Å². The number of nitrogens with one attached hydrogen (secondary N) is 1. The van der Waals surface area contributed by atoms with Crippen LogP contribution in [0, 0.1) is 11.3 Å². The summed E-state index contributed by atoms with van der Waals surface area (Å²) in [5.74, 6) is 1.35. The van der Waals surface area contributed by atoms with Gasteiger partial charge in [0.05, 0.1) is 7.11 Å². The molecule has 5 rings (SSSR count). The zero-order valence-electron chi connectivity index (χ0n) is 19.1. The van der Waals surface area contributed by atoms with E-state index in [2.05, 4.69) is 57.6 Å². The molecule has 33 heavy (non-hydrogen) atoms. The highest BCUT2D eigenvalue weighted by atomic mass is 16.5. The van der Waals surface area contributed by atoms with Crippen molar-refractivity contribution in [1.29, 1.82) is 0 Å². The van der Waals surface area contributed by atoms with E-state index in [4.69, 9.17) is 4.74 Å². The zero-order chi connectivity index (χ0) is 22.7. The number of likely N-dealkylation sites (tertiary alicyclic amines) is 1. The zero-order valence-corrected chi connectivity index (χ0v) is 19.1. The first kappa shape index (κ1) is 21.5. The van der Waals surface area contributed by atoms with Gasteiger partial charge in [-0.15, -0.1) is 0 Å². The molecule has 1 N–H and O–H groups in total. The van der Waals surface area contributed by atoms with Crippen molar-refractivity contribution < 1.29 is 9.53 Å². The fourth-order valence-corrected chi connectivity index (χ4v) is 5.42. The van der Waals surface area contributed by atoms with Crippen LogP contribution < -0.4 is 15.0 Å². The minimum absolute atomic E-state index is 0.00756. The van der Waals surface area contributed by atoms with Gasteiger partial charge in [-0.3, -0.25) is 9.69 Å². The molecule has 1 spiro atoms. The Balaban J connectivity index is 1.30. The van der Waals surface area contributed by atoms with Crippen LogP contribution in [0.15, 0.2) is 84.9 Å². The molecule has 0 aliphatic carbocycles. The number of ether oxygens (including phenoxy) is 1. The van der Waals surface area contributed by atoms with Crippen LogP contribution in [0.5, 0.6) is 5.75 Å². The molecule has 2 aliphatic heterocycles. The Labute approximate surface area is 196 Å². The van der Waals surface area contributed by atoms with Crippen LogP contribution in [0.4, 0.5) is 5.69 Å². The molecule has 2 aliphatic rings. The third-order valence-corrected chi connectivity index (χ3v) is 7.15. The molecular weight excluding hydrogens is 410 g/mol. The molecule has 5 nitrogen and oxygen atoms in total. The minimum Gasteiger partial charge on any atom is -0.496 e. The molecule has 1 amide bonds. The summed E-state index contributed by atoms with van der Waals surface area (Å²) < 4.78 is 5.59. The van der Waals surface area contributed by atoms with Crippen molar-refractivity contribution >= 4 is 11.6 Å². The summed E-state index contributed by atoms with van der Waals surface area (Å²) in [5.41, 5.74) is 3.39. The number of anilines is 1. The molecule has 2 heterocycles. The van der Waals surface area contributed by atoms with Crippen LogP contribution in [0.1, 0.15) is 15.9 Å². The number of para-hydroxylation sites is 2. The van der Waals surface area contributed by atoms with Crippen molar-refractivity contribution in [1.82, 2.24) is 10.2 Å². The molecule has 3 aromatic rings. The van der Waals surface area contributed by atoms with Crippen LogP contribution in [0.3, 0.4) is 0 Å². The van der Waals surface area contributed by atoms with Gasteiger partial charge >= 0.3 is 0 Å². The SMILES string of the molecule is COc1ccccc1CN1CC(CNC(=O)c2ccccc2)C2(C1)CN(c1ccccc1)C2. The predicted molar refractivity (Wildman–Crippen MR) is 132 cm³/mol. The predicted octanol–water partition coefficient (Wildman–Crippen LogP) is 4.06. The fourth-order valence-electron chi connectivity index (χ4n) is 5.42. The van der Waals surface area contributed by atoms with Crippen molar-refractivity contribution in [2.45, 2.75) is 6.54 Å². The van der Waals surface area contributed by atoms with Gasteiger partial charge in [-0.2, -0.15) is 0 Å². The summed E-state index contributed by atoms with van der Waals surface area (Å²) in [7, 11) is 1.73. The van der Waals surface area contributed by atoms with Crippen molar-refractivity contribution in [2.75, 3.05) is 44.7 Å². The molecule has 1 atom stereocenters. The number of hydrogen-bond acceptors (Lipinski definition) is 4. The van der Waals surface area contributed by atoms with Gasteiger partial charge < -0.3 is 15.0 Å². The minimum atomic E-state index is 0.00756. The highest BCUT2D eigenvalue weighted by Gasteiger charge is 2.54. The topological polar surface area (TPSA) is 44.8 Å². The maximum atomic E-state index is 12.7. The highest BCUT2D eigenvalue weighted by molar-refractivity contribution is 5.94. The maximum absolute atomic E-state index is 12.7. The Hall–Kier alpha value is -3.31. The lowest BCUT2D eigenvalue weighted by Crippen LogP contribution is -2.62. The number of carbonyl (C=O) groups is 1. The summed E-state index contributed by atoms with van der Waals surface area (Å²) in [4.78, 5) is 17.7. The lowest BCUT2D eigenvalue weighted by Gasteiger charge is -2.52. The summed E-state index contributed by atoms with van der Waals surface area (Å²) >= 11 is 0. The monoisotopic (exact) mass is 441 g/mol. The van der Waals surface area contributed by atoms with Gasteiger partial charge in [-0.1, -0.05) is 54.6 Å². The lowest BCUT2D eigenvalue weighted by atomic mass is 9.71. The number of carbonyl (C=O) groups excluding carboxylic acids is 1. The van der Waals surface area contributed by atoms with Crippen molar-refractivity contribution in [3.63, 3.8) is 0 Å². The number of rotatable bonds is 7. The lowest BCUT2D eigenvalue weighted by molar-refractivity contribution is 0.0923. The first-order valence-electron chi connectivity index (χ1n) is 11.6. The highest BCUT2D eigenvalue weighted by Crippen LogP contribution is 2.46. The van der Waals surface area contributed by atoms with Crippen LogP contribution in [-0.4, -0.2) is 50.6 Å². The molecule has 2 saturated heterocycles. The Morgan fingerprint density at radius 1 is 0.939 bits per heavy atom. The second-order valence-corrected chi connectivity index (χ2v) is 9.31. The van der Waals surface area contributed by atoms with E-state index >= 15 is 0 Å². The fraction of sp³-hybridized carbons (Fsp3) is 0.321. The third kappa shape index (κ3) is 4.46. The van der Waals surface area contributed by atoms with Crippen LogP contribution in [0.2, 0.25) is 0 Å². The Morgan fingerprint density at radius 3 is 2.33 bits per heavy atom. The van der Waals surface area contributed by atoms with Gasteiger partial charge in [0.2, 0.25) is 0 Å². The van der Waals surface area contributed by atoms with Crippen LogP contribution in [0.25, 0.3) is 0 Å². The van der Waals surface area contributed by atoms with Gasteiger partial charge in [0.15, 0.2) is 0 Å². The van der Waals surface area contributed by atoms with E-state index in [9.17, 15) is 4.79 Å². The molecule has 170 valence electrons. The number of nitrogens with zero attached hydrogens (tertiary/aromatic N) is 2. The molecule has 1 unspecified atom stereocenters. The Kier molecular flexibility index (Phi) is 6.05. The van der Waals surface area contributed by atoms with Gasteiger partial charge in [-0.05, 0) is 36.2 Å². The second-order valence-electron chi connectivity index (χ2n) is 9.31. The standard InChI is InChI=1S/C28H31N3O2/c1-33-26-15-9-8-12-23(26)17-30-18-24(16-29-27(32)22-10-4-2-5-11-22)28(19-30)20-31(21-28)25-13-6-3-7-14-25/h2-15,24H,16-21H2,1H3,(H,29,32). The van der Waals surface area contributed by atoms with E-state index in [1.807, 2.05) is 42.5 Å². The second kappa shape index (κ2) is 9.28. The molecule has 0 saturated carbocycles. The quantitative estimate of drug-likeness (QED) is 0.601. The Bertz CT molecular complexity index is 1080. The smallest absolute Gasteiger partial charge is 0.251 e. The molecule has 0 radical (unpaired) electrons. The average molecular weight is 442 g/mol. The summed E-state index contributed by atoms with van der Waals surface area (Å²) in [6.45, 7) is 5.59. The van der Waals surface area contributed by atoms with Gasteiger partial charge in [0.1, 0.15) is 5.75 Å². The van der Waals surface area contributed by atoms with E-state index in [1.54, 1.807) is 7.11 Å². The molecule has 0 bridgehead atoms. The average Bonchev–Trinajstić information content (AvgIpc) is 3.21.